The number of rotatable bonds is 3. The van der Waals surface area contributed by atoms with Crippen molar-refractivity contribution >= 4 is 44.8 Å². The molecule has 0 fully saturated rings. The normalized spacial score (nSPS) is 12.3. The van der Waals surface area contributed by atoms with E-state index in [1.807, 2.05) is 0 Å². The van der Waals surface area contributed by atoms with Crippen LogP contribution < -0.4 is 5.32 Å². The zero-order valence-corrected chi connectivity index (χ0v) is 13.5. The quantitative estimate of drug-likeness (QED) is 0.624. The molecule has 1 nitrogen and oxygen atoms in total. The molecule has 1 N–H and O–H groups in total. The summed E-state index contributed by atoms with van der Waals surface area (Å²) in [6.07, 6.45) is 0. The zero-order chi connectivity index (χ0) is 14.9. The second-order valence-corrected chi connectivity index (χ2v) is 5.89. The Kier molecular flexibility index (Phi) is 4.89. The Bertz CT molecular complexity index is 649. The van der Waals surface area contributed by atoms with Crippen LogP contribution >= 0.6 is 39.1 Å². The Morgan fingerprint density at radius 3 is 2.55 bits per heavy atom. The van der Waals surface area contributed by atoms with Crippen molar-refractivity contribution in [3.8, 4) is 0 Å². The van der Waals surface area contributed by atoms with Gasteiger partial charge in [-0.3, -0.25) is 0 Å². The van der Waals surface area contributed by atoms with E-state index in [9.17, 15) is 8.78 Å². The molecule has 0 aliphatic rings. The van der Waals surface area contributed by atoms with Crippen LogP contribution in [-0.2, 0) is 0 Å². The van der Waals surface area contributed by atoms with Gasteiger partial charge in [-0.05, 0) is 53.2 Å². The highest BCUT2D eigenvalue weighted by atomic mass is 79.9. The van der Waals surface area contributed by atoms with Gasteiger partial charge in [-0.1, -0.05) is 23.2 Å². The molecule has 0 spiro atoms. The maximum atomic E-state index is 13.5. The monoisotopic (exact) mass is 379 g/mol. The molecule has 1 unspecified atom stereocenters. The summed E-state index contributed by atoms with van der Waals surface area (Å²) in [5, 5.41) is 3.37. The SMILES string of the molecule is CC(Nc1cc(F)ccc1Br)c1c(Cl)ccc(F)c1Cl. The first-order valence-corrected chi connectivity index (χ1v) is 7.30. The molecule has 0 saturated heterocycles. The van der Waals surface area contributed by atoms with E-state index in [4.69, 9.17) is 23.2 Å². The predicted octanol–water partition coefficient (Wildman–Crippen LogP) is 6.21. The number of nitrogens with one attached hydrogen (secondary N) is 1. The third-order valence-electron chi connectivity index (χ3n) is 2.81. The van der Waals surface area contributed by atoms with Crippen molar-refractivity contribution in [2.45, 2.75) is 13.0 Å². The van der Waals surface area contributed by atoms with Crippen molar-refractivity contribution in [3.63, 3.8) is 0 Å². The fourth-order valence-electron chi connectivity index (χ4n) is 1.85. The standard InChI is InChI=1S/C14H10BrCl2F2N/c1-7(13-10(16)4-5-11(19)14(13)17)20-12-6-8(18)2-3-9(12)15/h2-7,20H,1H3. The fraction of sp³-hybridized carbons (Fsp3) is 0.143. The highest BCUT2D eigenvalue weighted by Crippen LogP contribution is 2.35. The molecule has 2 aromatic rings. The topological polar surface area (TPSA) is 12.0 Å². The molecule has 0 aliphatic heterocycles. The first-order valence-electron chi connectivity index (χ1n) is 5.75. The maximum absolute atomic E-state index is 13.5. The minimum atomic E-state index is -0.543. The van der Waals surface area contributed by atoms with Crippen LogP contribution in [0.5, 0.6) is 0 Å². The molecule has 2 rings (SSSR count). The number of hydrogen-bond acceptors (Lipinski definition) is 1. The Balaban J connectivity index is 2.35. The number of hydrogen-bond donors (Lipinski definition) is 1. The van der Waals surface area contributed by atoms with Crippen LogP contribution in [0.4, 0.5) is 14.5 Å². The largest absolute Gasteiger partial charge is 0.377 e. The lowest BCUT2D eigenvalue weighted by Crippen LogP contribution is -2.09. The Labute approximate surface area is 134 Å². The third-order valence-corrected chi connectivity index (χ3v) is 4.22. The van der Waals surface area contributed by atoms with Gasteiger partial charge in [0.2, 0.25) is 0 Å². The Morgan fingerprint density at radius 2 is 1.85 bits per heavy atom. The number of benzene rings is 2. The predicted molar refractivity (Wildman–Crippen MR) is 82.6 cm³/mol. The van der Waals surface area contributed by atoms with Crippen LogP contribution in [-0.4, -0.2) is 0 Å². The van der Waals surface area contributed by atoms with Gasteiger partial charge in [-0.25, -0.2) is 8.78 Å². The second-order valence-electron chi connectivity index (χ2n) is 4.25. The van der Waals surface area contributed by atoms with Crippen LogP contribution in [0.3, 0.4) is 0 Å². The Morgan fingerprint density at radius 1 is 1.15 bits per heavy atom. The number of halogens is 5. The third kappa shape index (κ3) is 3.25. The Hall–Kier alpha value is -0.840. The lowest BCUT2D eigenvalue weighted by atomic mass is 10.1. The summed E-state index contributed by atoms with van der Waals surface area (Å²) in [6, 6.07) is 6.52. The first-order chi connectivity index (χ1) is 9.40. The smallest absolute Gasteiger partial charge is 0.142 e. The van der Waals surface area contributed by atoms with Gasteiger partial charge in [0.05, 0.1) is 16.8 Å². The molecular formula is C14H10BrCl2F2N. The first kappa shape index (κ1) is 15.5. The lowest BCUT2D eigenvalue weighted by Gasteiger charge is -2.19. The molecule has 0 radical (unpaired) electrons. The van der Waals surface area contributed by atoms with Crippen LogP contribution in [0.1, 0.15) is 18.5 Å². The highest BCUT2D eigenvalue weighted by Gasteiger charge is 2.17. The van der Waals surface area contributed by atoms with E-state index in [-0.39, 0.29) is 16.9 Å². The van der Waals surface area contributed by atoms with Gasteiger partial charge in [0.15, 0.2) is 0 Å². The van der Waals surface area contributed by atoms with E-state index >= 15 is 0 Å². The van der Waals surface area contributed by atoms with E-state index in [1.165, 1.54) is 24.3 Å². The maximum Gasteiger partial charge on any atom is 0.142 e. The summed E-state index contributed by atoms with van der Waals surface area (Å²) in [7, 11) is 0. The summed E-state index contributed by atoms with van der Waals surface area (Å²) in [4.78, 5) is 0. The highest BCUT2D eigenvalue weighted by molar-refractivity contribution is 9.10. The van der Waals surface area contributed by atoms with Gasteiger partial charge < -0.3 is 5.32 Å². The average Bonchev–Trinajstić information content (AvgIpc) is 2.39. The number of anilines is 1. The van der Waals surface area contributed by atoms with Crippen LogP contribution in [0, 0.1) is 11.6 Å². The van der Waals surface area contributed by atoms with Gasteiger partial charge in [0, 0.05) is 15.1 Å². The average molecular weight is 381 g/mol. The van der Waals surface area contributed by atoms with Crippen LogP contribution in [0.25, 0.3) is 0 Å². The van der Waals surface area contributed by atoms with Crippen LogP contribution in [0.15, 0.2) is 34.8 Å². The lowest BCUT2D eigenvalue weighted by molar-refractivity contribution is 0.623. The fourth-order valence-corrected chi connectivity index (χ4v) is 2.91. The van der Waals surface area contributed by atoms with E-state index in [0.29, 0.717) is 20.7 Å². The minimum absolute atomic E-state index is 0.0370. The van der Waals surface area contributed by atoms with Gasteiger partial charge >= 0.3 is 0 Å². The molecule has 0 aliphatic carbocycles. The van der Waals surface area contributed by atoms with Crippen molar-refractivity contribution in [1.82, 2.24) is 0 Å². The van der Waals surface area contributed by atoms with E-state index in [2.05, 4.69) is 21.2 Å². The van der Waals surface area contributed by atoms with Gasteiger partial charge in [-0.15, -0.1) is 0 Å². The van der Waals surface area contributed by atoms with E-state index in [0.717, 1.165) is 0 Å². The van der Waals surface area contributed by atoms with Crippen LogP contribution in [0.2, 0.25) is 10.0 Å². The summed E-state index contributed by atoms with van der Waals surface area (Å²) in [6.45, 7) is 1.77. The molecule has 20 heavy (non-hydrogen) atoms. The molecule has 6 heteroatoms. The van der Waals surface area contributed by atoms with Crippen molar-refractivity contribution < 1.29 is 8.78 Å². The summed E-state index contributed by atoms with van der Waals surface area (Å²) in [5.41, 5.74) is 0.971. The summed E-state index contributed by atoms with van der Waals surface area (Å²) < 4.78 is 27.5. The van der Waals surface area contributed by atoms with Gasteiger partial charge in [0.25, 0.3) is 0 Å². The van der Waals surface area contributed by atoms with E-state index in [1.54, 1.807) is 13.0 Å². The van der Waals surface area contributed by atoms with Crippen molar-refractivity contribution in [2.24, 2.45) is 0 Å². The van der Waals surface area contributed by atoms with Crippen molar-refractivity contribution in [3.05, 3.63) is 62.0 Å². The molecule has 106 valence electrons. The molecule has 1 atom stereocenters. The minimum Gasteiger partial charge on any atom is -0.377 e. The molecular weight excluding hydrogens is 371 g/mol. The second kappa shape index (κ2) is 6.29. The molecule has 0 heterocycles. The van der Waals surface area contributed by atoms with Crippen molar-refractivity contribution in [2.75, 3.05) is 5.32 Å². The van der Waals surface area contributed by atoms with Gasteiger partial charge in [0.1, 0.15) is 11.6 Å². The van der Waals surface area contributed by atoms with Gasteiger partial charge in [-0.2, -0.15) is 0 Å². The summed E-state index contributed by atoms with van der Waals surface area (Å²) >= 11 is 15.3. The molecule has 2 aromatic carbocycles. The van der Waals surface area contributed by atoms with Crippen molar-refractivity contribution in [1.29, 1.82) is 0 Å². The molecule has 0 bridgehead atoms. The van der Waals surface area contributed by atoms with E-state index < -0.39 is 5.82 Å². The zero-order valence-electron chi connectivity index (χ0n) is 10.4. The molecule has 0 amide bonds. The summed E-state index contributed by atoms with van der Waals surface area (Å²) in [5.74, 6) is -0.919. The molecule has 0 saturated carbocycles. The molecule has 0 aromatic heterocycles.